The number of benzene rings is 2. The van der Waals surface area contributed by atoms with Gasteiger partial charge in [-0.15, -0.1) is 0 Å². The lowest BCUT2D eigenvalue weighted by Crippen LogP contribution is -2.29. The molecular formula is C23H25N3O2. The Labute approximate surface area is 165 Å². The molecule has 1 aromatic heterocycles. The second-order valence-electron chi connectivity index (χ2n) is 7.20. The number of hydrogen-bond donors (Lipinski definition) is 1. The standard InChI is InChI=1S/C23H25N3O2/c1-16-8-3-5-11-19(16)26-20-12-7-10-18(20)22(25-26)23(27)24-14-15-28-21-13-6-4-9-17(21)2/h3-6,8-9,11,13H,7,10,12,14-15H2,1-2H3,(H,24,27). The number of nitrogens with one attached hydrogen (secondary N) is 1. The molecule has 1 amide bonds. The van der Waals surface area contributed by atoms with Gasteiger partial charge in [-0.2, -0.15) is 5.10 Å². The van der Waals surface area contributed by atoms with Gasteiger partial charge in [0.2, 0.25) is 0 Å². The number of fused-ring (bicyclic) bond motifs is 1. The molecule has 0 radical (unpaired) electrons. The summed E-state index contributed by atoms with van der Waals surface area (Å²) in [6.07, 6.45) is 2.93. The van der Waals surface area contributed by atoms with Crippen molar-refractivity contribution in [3.05, 3.63) is 76.6 Å². The van der Waals surface area contributed by atoms with Crippen molar-refractivity contribution in [2.75, 3.05) is 13.2 Å². The van der Waals surface area contributed by atoms with E-state index in [1.807, 2.05) is 48.0 Å². The van der Waals surface area contributed by atoms with Crippen LogP contribution in [0.25, 0.3) is 5.69 Å². The molecule has 2 aromatic carbocycles. The fourth-order valence-electron chi connectivity index (χ4n) is 3.75. The molecule has 0 saturated carbocycles. The molecule has 0 aliphatic heterocycles. The molecule has 5 heteroatoms. The molecular weight excluding hydrogens is 350 g/mol. The Balaban J connectivity index is 1.46. The monoisotopic (exact) mass is 375 g/mol. The van der Waals surface area contributed by atoms with Gasteiger partial charge in [-0.05, 0) is 56.4 Å². The second kappa shape index (κ2) is 7.89. The van der Waals surface area contributed by atoms with Crippen LogP contribution in [0.3, 0.4) is 0 Å². The van der Waals surface area contributed by atoms with Crippen molar-refractivity contribution < 1.29 is 9.53 Å². The second-order valence-corrected chi connectivity index (χ2v) is 7.20. The first-order valence-electron chi connectivity index (χ1n) is 9.78. The van der Waals surface area contributed by atoms with Crippen LogP contribution in [0.5, 0.6) is 5.75 Å². The van der Waals surface area contributed by atoms with Crippen LogP contribution in [-0.4, -0.2) is 28.8 Å². The molecule has 0 fully saturated rings. The van der Waals surface area contributed by atoms with Gasteiger partial charge in [0.05, 0.1) is 12.2 Å². The van der Waals surface area contributed by atoms with E-state index in [1.54, 1.807) is 0 Å². The molecule has 1 heterocycles. The molecule has 1 aliphatic carbocycles. The number of hydrogen-bond acceptors (Lipinski definition) is 3. The molecule has 144 valence electrons. The van der Waals surface area contributed by atoms with Crippen LogP contribution in [0.1, 0.15) is 39.3 Å². The van der Waals surface area contributed by atoms with E-state index in [2.05, 4.69) is 29.5 Å². The van der Waals surface area contributed by atoms with Crippen molar-refractivity contribution in [3.8, 4) is 11.4 Å². The fraction of sp³-hybridized carbons (Fsp3) is 0.304. The SMILES string of the molecule is Cc1ccccc1OCCNC(=O)c1nn(-c2ccccc2C)c2c1CCC2. The summed E-state index contributed by atoms with van der Waals surface area (Å²) in [7, 11) is 0. The maximum Gasteiger partial charge on any atom is 0.272 e. The largest absolute Gasteiger partial charge is 0.491 e. The van der Waals surface area contributed by atoms with Gasteiger partial charge in [0.15, 0.2) is 5.69 Å². The van der Waals surface area contributed by atoms with Crippen LogP contribution in [0, 0.1) is 13.8 Å². The molecule has 0 saturated heterocycles. The summed E-state index contributed by atoms with van der Waals surface area (Å²) in [5.41, 5.74) is 6.08. The maximum atomic E-state index is 12.8. The van der Waals surface area contributed by atoms with E-state index in [-0.39, 0.29) is 5.91 Å². The number of carbonyl (C=O) groups is 1. The lowest BCUT2D eigenvalue weighted by molar-refractivity contribution is 0.0940. The molecule has 0 spiro atoms. The summed E-state index contributed by atoms with van der Waals surface area (Å²) in [6.45, 7) is 4.95. The normalized spacial score (nSPS) is 12.6. The highest BCUT2D eigenvalue weighted by atomic mass is 16.5. The summed E-state index contributed by atoms with van der Waals surface area (Å²) in [6, 6.07) is 16.0. The van der Waals surface area contributed by atoms with Gasteiger partial charge in [0.1, 0.15) is 12.4 Å². The first-order valence-corrected chi connectivity index (χ1v) is 9.78. The van der Waals surface area contributed by atoms with Crippen molar-refractivity contribution in [3.63, 3.8) is 0 Å². The number of aryl methyl sites for hydroxylation is 2. The molecule has 1 N–H and O–H groups in total. The Hall–Kier alpha value is -3.08. The zero-order valence-corrected chi connectivity index (χ0v) is 16.4. The zero-order valence-electron chi connectivity index (χ0n) is 16.4. The number of carbonyl (C=O) groups excluding carboxylic acids is 1. The molecule has 28 heavy (non-hydrogen) atoms. The predicted molar refractivity (Wildman–Crippen MR) is 109 cm³/mol. The third-order valence-corrected chi connectivity index (χ3v) is 5.23. The fourth-order valence-corrected chi connectivity index (χ4v) is 3.75. The van der Waals surface area contributed by atoms with Gasteiger partial charge in [0, 0.05) is 11.3 Å². The quantitative estimate of drug-likeness (QED) is 0.667. The Kier molecular flexibility index (Phi) is 5.15. The third-order valence-electron chi connectivity index (χ3n) is 5.23. The lowest BCUT2D eigenvalue weighted by Gasteiger charge is -2.09. The summed E-state index contributed by atoms with van der Waals surface area (Å²) in [5.74, 6) is 0.723. The Morgan fingerprint density at radius 1 is 1.07 bits per heavy atom. The van der Waals surface area contributed by atoms with Gasteiger partial charge in [-0.3, -0.25) is 4.79 Å². The van der Waals surface area contributed by atoms with E-state index >= 15 is 0 Å². The number of nitrogens with zero attached hydrogens (tertiary/aromatic N) is 2. The summed E-state index contributed by atoms with van der Waals surface area (Å²) < 4.78 is 7.72. The maximum absolute atomic E-state index is 12.8. The molecule has 0 bridgehead atoms. The lowest BCUT2D eigenvalue weighted by atomic mass is 10.2. The Morgan fingerprint density at radius 2 is 1.82 bits per heavy atom. The summed E-state index contributed by atoms with van der Waals surface area (Å²) >= 11 is 0. The van der Waals surface area contributed by atoms with Gasteiger partial charge in [-0.25, -0.2) is 4.68 Å². The minimum absolute atomic E-state index is 0.126. The first-order chi connectivity index (χ1) is 13.6. The van der Waals surface area contributed by atoms with Crippen LogP contribution >= 0.6 is 0 Å². The third kappa shape index (κ3) is 3.52. The van der Waals surface area contributed by atoms with Gasteiger partial charge in [0.25, 0.3) is 5.91 Å². The highest BCUT2D eigenvalue weighted by Gasteiger charge is 2.27. The zero-order chi connectivity index (χ0) is 19.5. The van der Waals surface area contributed by atoms with Crippen molar-refractivity contribution in [2.45, 2.75) is 33.1 Å². The van der Waals surface area contributed by atoms with Crippen LogP contribution in [0.15, 0.2) is 48.5 Å². The molecule has 3 aromatic rings. The molecule has 0 atom stereocenters. The molecule has 4 rings (SSSR count). The van der Waals surface area contributed by atoms with Crippen molar-refractivity contribution in [1.82, 2.24) is 15.1 Å². The van der Waals surface area contributed by atoms with E-state index in [0.29, 0.717) is 18.8 Å². The topological polar surface area (TPSA) is 56.1 Å². The van der Waals surface area contributed by atoms with E-state index < -0.39 is 0 Å². The highest BCUT2D eigenvalue weighted by molar-refractivity contribution is 5.94. The number of ether oxygens (including phenoxy) is 1. The Bertz CT molecular complexity index is 1010. The number of rotatable bonds is 6. The average molecular weight is 375 g/mol. The van der Waals surface area contributed by atoms with Crippen LogP contribution < -0.4 is 10.1 Å². The first kappa shape index (κ1) is 18.3. The number of amides is 1. The van der Waals surface area contributed by atoms with Crippen molar-refractivity contribution in [2.24, 2.45) is 0 Å². The van der Waals surface area contributed by atoms with Crippen LogP contribution in [0.4, 0.5) is 0 Å². The van der Waals surface area contributed by atoms with Gasteiger partial charge in [-0.1, -0.05) is 36.4 Å². The minimum Gasteiger partial charge on any atom is -0.491 e. The summed E-state index contributed by atoms with van der Waals surface area (Å²) in [5, 5.41) is 7.64. The Morgan fingerprint density at radius 3 is 2.61 bits per heavy atom. The van der Waals surface area contributed by atoms with Crippen LogP contribution in [-0.2, 0) is 12.8 Å². The van der Waals surface area contributed by atoms with E-state index in [0.717, 1.165) is 53.1 Å². The predicted octanol–water partition coefficient (Wildman–Crippen LogP) is 3.79. The molecule has 0 unspecified atom stereocenters. The summed E-state index contributed by atoms with van der Waals surface area (Å²) in [4.78, 5) is 12.8. The van der Waals surface area contributed by atoms with E-state index in [4.69, 9.17) is 4.74 Å². The number of aromatic nitrogens is 2. The smallest absolute Gasteiger partial charge is 0.272 e. The van der Waals surface area contributed by atoms with Crippen molar-refractivity contribution in [1.29, 1.82) is 0 Å². The average Bonchev–Trinajstić information content (AvgIpc) is 3.30. The van der Waals surface area contributed by atoms with Gasteiger partial charge < -0.3 is 10.1 Å². The molecule has 1 aliphatic rings. The minimum atomic E-state index is -0.126. The van der Waals surface area contributed by atoms with Crippen LogP contribution in [0.2, 0.25) is 0 Å². The van der Waals surface area contributed by atoms with E-state index in [9.17, 15) is 4.79 Å². The van der Waals surface area contributed by atoms with Gasteiger partial charge >= 0.3 is 0 Å². The van der Waals surface area contributed by atoms with E-state index in [1.165, 1.54) is 0 Å². The highest BCUT2D eigenvalue weighted by Crippen LogP contribution is 2.28. The number of para-hydroxylation sites is 2. The van der Waals surface area contributed by atoms with Crippen molar-refractivity contribution >= 4 is 5.91 Å². The molecule has 5 nitrogen and oxygen atoms in total.